The van der Waals surface area contributed by atoms with Crippen LogP contribution in [0.25, 0.3) is 10.9 Å². The molecule has 20 heavy (non-hydrogen) atoms. The Morgan fingerprint density at radius 1 is 1.30 bits per heavy atom. The molecule has 0 saturated carbocycles. The zero-order valence-electron chi connectivity index (χ0n) is 11.4. The summed E-state index contributed by atoms with van der Waals surface area (Å²) in [6.07, 6.45) is 1.80. The van der Waals surface area contributed by atoms with Crippen LogP contribution in [0.15, 0.2) is 30.5 Å². The summed E-state index contributed by atoms with van der Waals surface area (Å²) in [5, 5.41) is 3.63. The number of H-pyrrole nitrogens is 1. The molecule has 2 aromatic rings. The monoisotopic (exact) mass is 295 g/mol. The second-order valence-corrected chi connectivity index (χ2v) is 6.94. The highest BCUT2D eigenvalue weighted by molar-refractivity contribution is 7.89. The van der Waals surface area contributed by atoms with Crippen LogP contribution in [0.5, 0.6) is 0 Å². The van der Waals surface area contributed by atoms with Crippen LogP contribution in [0.1, 0.15) is 10.4 Å². The van der Waals surface area contributed by atoms with Gasteiger partial charge in [0, 0.05) is 37.9 Å². The molecule has 1 heterocycles. The van der Waals surface area contributed by atoms with E-state index in [1.165, 1.54) is 14.1 Å². The smallest absolute Gasteiger partial charge is 0.251 e. The van der Waals surface area contributed by atoms with Gasteiger partial charge in [0.2, 0.25) is 10.0 Å². The molecule has 2 rings (SSSR count). The minimum Gasteiger partial charge on any atom is -0.361 e. The molecule has 1 aromatic heterocycles. The Balaban J connectivity index is 1.98. The summed E-state index contributed by atoms with van der Waals surface area (Å²) in [5.74, 6) is -0.397. The summed E-state index contributed by atoms with van der Waals surface area (Å²) in [5.41, 5.74) is 1.38. The van der Waals surface area contributed by atoms with E-state index in [0.29, 0.717) is 5.56 Å². The number of benzene rings is 1. The van der Waals surface area contributed by atoms with E-state index in [0.717, 1.165) is 15.2 Å². The molecule has 0 saturated heterocycles. The molecular formula is C13H17N3O3S. The van der Waals surface area contributed by atoms with E-state index in [2.05, 4.69) is 10.3 Å². The standard InChI is InChI=1S/C13H17N3O3S/c1-16(2)20(18,19)8-7-15-13(17)11-4-3-10-5-6-14-12(10)9-11/h3-6,9,14H,7-8H2,1-2H3,(H,15,17). The van der Waals surface area contributed by atoms with Crippen LogP contribution in [0, 0.1) is 0 Å². The van der Waals surface area contributed by atoms with Crippen LogP contribution in [0.3, 0.4) is 0 Å². The van der Waals surface area contributed by atoms with Crippen molar-refractivity contribution >= 4 is 26.8 Å². The van der Waals surface area contributed by atoms with Crippen LogP contribution < -0.4 is 5.32 Å². The molecule has 0 aliphatic carbocycles. The molecule has 0 aliphatic rings. The van der Waals surface area contributed by atoms with Gasteiger partial charge in [0.15, 0.2) is 0 Å². The summed E-state index contributed by atoms with van der Waals surface area (Å²) in [6, 6.07) is 7.22. The number of aromatic nitrogens is 1. The van der Waals surface area contributed by atoms with E-state index in [1.807, 2.05) is 12.1 Å². The Hall–Kier alpha value is -1.86. The van der Waals surface area contributed by atoms with Crippen LogP contribution in [0.4, 0.5) is 0 Å². The molecule has 0 fully saturated rings. The fourth-order valence-electron chi connectivity index (χ4n) is 1.77. The molecule has 0 bridgehead atoms. The van der Waals surface area contributed by atoms with Crippen molar-refractivity contribution in [3.05, 3.63) is 36.0 Å². The lowest BCUT2D eigenvalue weighted by atomic mass is 10.1. The molecule has 0 radical (unpaired) electrons. The molecule has 0 atom stereocenters. The predicted octanol–water partition coefficient (Wildman–Crippen LogP) is 0.789. The third kappa shape index (κ3) is 3.17. The van der Waals surface area contributed by atoms with E-state index in [4.69, 9.17) is 0 Å². The van der Waals surface area contributed by atoms with Gasteiger partial charge in [-0.15, -0.1) is 0 Å². The third-order valence-corrected chi connectivity index (χ3v) is 4.85. The third-order valence-electron chi connectivity index (χ3n) is 3.02. The molecule has 2 N–H and O–H groups in total. The number of nitrogens with one attached hydrogen (secondary N) is 2. The number of rotatable bonds is 5. The fraction of sp³-hybridized carbons (Fsp3) is 0.308. The highest BCUT2D eigenvalue weighted by Gasteiger charge is 2.14. The highest BCUT2D eigenvalue weighted by atomic mass is 32.2. The summed E-state index contributed by atoms with van der Waals surface area (Å²) in [7, 11) is -0.352. The Kier molecular flexibility index (Phi) is 4.10. The number of aromatic amines is 1. The van der Waals surface area contributed by atoms with Gasteiger partial charge in [-0.1, -0.05) is 6.07 Å². The Labute approximate surface area is 117 Å². The first-order valence-electron chi connectivity index (χ1n) is 6.16. The van der Waals surface area contributed by atoms with Crippen molar-refractivity contribution in [3.8, 4) is 0 Å². The first-order valence-corrected chi connectivity index (χ1v) is 7.76. The first-order chi connectivity index (χ1) is 9.40. The number of amides is 1. The first kappa shape index (κ1) is 14.5. The van der Waals surface area contributed by atoms with Gasteiger partial charge >= 0.3 is 0 Å². The lowest BCUT2D eigenvalue weighted by Gasteiger charge is -2.11. The minimum atomic E-state index is -3.29. The van der Waals surface area contributed by atoms with E-state index >= 15 is 0 Å². The fourth-order valence-corrected chi connectivity index (χ4v) is 2.49. The van der Waals surface area contributed by atoms with Crippen LogP contribution in [-0.2, 0) is 10.0 Å². The lowest BCUT2D eigenvalue weighted by molar-refractivity contribution is 0.0956. The zero-order chi connectivity index (χ0) is 14.8. The van der Waals surface area contributed by atoms with Crippen molar-refractivity contribution in [2.24, 2.45) is 0 Å². The largest absolute Gasteiger partial charge is 0.361 e. The van der Waals surface area contributed by atoms with E-state index in [-0.39, 0.29) is 18.2 Å². The van der Waals surface area contributed by atoms with Crippen molar-refractivity contribution in [1.29, 1.82) is 0 Å². The second-order valence-electron chi connectivity index (χ2n) is 4.63. The SMILES string of the molecule is CN(C)S(=O)(=O)CCNC(=O)c1ccc2cc[nH]c2c1. The molecule has 6 nitrogen and oxygen atoms in total. The van der Waals surface area contributed by atoms with Gasteiger partial charge < -0.3 is 10.3 Å². The average Bonchev–Trinajstić information content (AvgIpc) is 2.85. The van der Waals surface area contributed by atoms with Crippen molar-refractivity contribution in [3.63, 3.8) is 0 Å². The van der Waals surface area contributed by atoms with Crippen LogP contribution >= 0.6 is 0 Å². The van der Waals surface area contributed by atoms with Gasteiger partial charge in [-0.25, -0.2) is 12.7 Å². The van der Waals surface area contributed by atoms with Gasteiger partial charge in [-0.05, 0) is 23.6 Å². The topological polar surface area (TPSA) is 82.3 Å². The molecule has 0 aliphatic heterocycles. The van der Waals surface area contributed by atoms with Gasteiger partial charge in [0.05, 0.1) is 5.75 Å². The Morgan fingerprint density at radius 3 is 2.75 bits per heavy atom. The average molecular weight is 295 g/mol. The van der Waals surface area contributed by atoms with Gasteiger partial charge in [-0.3, -0.25) is 4.79 Å². The molecule has 0 unspecified atom stereocenters. The van der Waals surface area contributed by atoms with Crippen molar-refractivity contribution in [2.75, 3.05) is 26.4 Å². The molecular weight excluding hydrogens is 278 g/mol. The van der Waals surface area contributed by atoms with Crippen molar-refractivity contribution < 1.29 is 13.2 Å². The van der Waals surface area contributed by atoms with Gasteiger partial charge in [0.1, 0.15) is 0 Å². The van der Waals surface area contributed by atoms with E-state index in [9.17, 15) is 13.2 Å². The van der Waals surface area contributed by atoms with E-state index in [1.54, 1.807) is 18.3 Å². The minimum absolute atomic E-state index is 0.0854. The number of hydrogen-bond donors (Lipinski definition) is 2. The number of nitrogens with zero attached hydrogens (tertiary/aromatic N) is 1. The van der Waals surface area contributed by atoms with Crippen LogP contribution in [-0.4, -0.2) is 50.0 Å². The maximum atomic E-state index is 11.9. The van der Waals surface area contributed by atoms with Crippen LogP contribution in [0.2, 0.25) is 0 Å². The summed E-state index contributed by atoms with van der Waals surface area (Å²) in [4.78, 5) is 15.0. The summed E-state index contributed by atoms with van der Waals surface area (Å²) < 4.78 is 24.3. The normalized spacial score (nSPS) is 11.9. The molecule has 108 valence electrons. The molecule has 1 amide bonds. The summed E-state index contributed by atoms with van der Waals surface area (Å²) >= 11 is 0. The predicted molar refractivity (Wildman–Crippen MR) is 78.1 cm³/mol. The number of fused-ring (bicyclic) bond motifs is 1. The molecule has 7 heteroatoms. The number of sulfonamides is 1. The quantitative estimate of drug-likeness (QED) is 0.855. The zero-order valence-corrected chi connectivity index (χ0v) is 12.2. The molecule has 1 aromatic carbocycles. The Morgan fingerprint density at radius 2 is 2.05 bits per heavy atom. The number of hydrogen-bond acceptors (Lipinski definition) is 3. The second kappa shape index (κ2) is 5.64. The maximum absolute atomic E-state index is 11.9. The van der Waals surface area contributed by atoms with Gasteiger partial charge in [0.25, 0.3) is 5.91 Å². The lowest BCUT2D eigenvalue weighted by Crippen LogP contribution is -2.33. The molecule has 0 spiro atoms. The van der Waals surface area contributed by atoms with E-state index < -0.39 is 10.0 Å². The maximum Gasteiger partial charge on any atom is 0.251 e. The van der Waals surface area contributed by atoms with Crippen molar-refractivity contribution in [2.45, 2.75) is 0 Å². The van der Waals surface area contributed by atoms with Crippen molar-refractivity contribution in [1.82, 2.24) is 14.6 Å². The highest BCUT2D eigenvalue weighted by Crippen LogP contribution is 2.13. The number of carbonyl (C=O) groups excluding carboxylic acids is 1. The summed E-state index contributed by atoms with van der Waals surface area (Å²) in [6.45, 7) is 0.0854. The van der Waals surface area contributed by atoms with Gasteiger partial charge in [-0.2, -0.15) is 0 Å². The number of carbonyl (C=O) groups is 1. The Bertz CT molecular complexity index is 719.